The number of amides is 3. The summed E-state index contributed by atoms with van der Waals surface area (Å²) in [6.07, 6.45) is 4.37. The van der Waals surface area contributed by atoms with E-state index in [2.05, 4.69) is 15.6 Å². The van der Waals surface area contributed by atoms with Crippen LogP contribution in [0.25, 0.3) is 33.0 Å². The van der Waals surface area contributed by atoms with Crippen LogP contribution in [-0.2, 0) is 20.9 Å². The molecular formula is C26H24N6O3S. The van der Waals surface area contributed by atoms with Gasteiger partial charge in [0, 0.05) is 64.7 Å². The van der Waals surface area contributed by atoms with Crippen LogP contribution in [0.3, 0.4) is 0 Å². The standard InChI is InChI=1S/C26H24N6O3S/c1-14(33)30-15-7-8-17-19(13-32(21(17)11-15)9-4-10-36-26(27)28)23-22(24(34)31-25(23)35)18-12-29-20-6-3-2-5-16(18)20/h2-3,5-8,11-13,29H,4,9-10H2,1H3,(H3,27,28)(H,30,33)(H,31,34,35). The molecule has 6 N–H and O–H groups in total. The van der Waals surface area contributed by atoms with Crippen molar-refractivity contribution >= 4 is 73.3 Å². The van der Waals surface area contributed by atoms with E-state index in [9.17, 15) is 14.4 Å². The maximum absolute atomic E-state index is 13.1. The zero-order chi connectivity index (χ0) is 25.4. The van der Waals surface area contributed by atoms with Gasteiger partial charge in [-0.25, -0.2) is 0 Å². The first-order chi connectivity index (χ1) is 17.3. The fourth-order valence-corrected chi connectivity index (χ4v) is 5.12. The third-order valence-corrected chi connectivity index (χ3v) is 6.87. The van der Waals surface area contributed by atoms with Crippen molar-refractivity contribution in [2.45, 2.75) is 19.9 Å². The number of thioether (sulfide) groups is 1. The van der Waals surface area contributed by atoms with Crippen LogP contribution in [0.4, 0.5) is 5.69 Å². The zero-order valence-corrected chi connectivity index (χ0v) is 20.3. The van der Waals surface area contributed by atoms with Crippen molar-refractivity contribution in [2.75, 3.05) is 11.1 Å². The molecular weight excluding hydrogens is 476 g/mol. The minimum absolute atomic E-state index is 0.0654. The van der Waals surface area contributed by atoms with E-state index in [0.717, 1.165) is 28.2 Å². The minimum Gasteiger partial charge on any atom is -0.379 e. The minimum atomic E-state index is -0.447. The molecule has 0 aliphatic carbocycles. The Labute approximate surface area is 210 Å². The van der Waals surface area contributed by atoms with Crippen molar-refractivity contribution < 1.29 is 14.4 Å². The predicted molar refractivity (Wildman–Crippen MR) is 143 cm³/mol. The molecule has 0 atom stereocenters. The molecule has 0 radical (unpaired) electrons. The number of rotatable bonds is 7. The van der Waals surface area contributed by atoms with Gasteiger partial charge in [0.15, 0.2) is 5.17 Å². The molecule has 4 aromatic rings. The number of aryl methyl sites for hydroxylation is 1. The number of imide groups is 1. The average Bonchev–Trinajstić information content (AvgIpc) is 3.49. The molecule has 3 amide bonds. The van der Waals surface area contributed by atoms with Crippen LogP contribution >= 0.6 is 11.8 Å². The van der Waals surface area contributed by atoms with Gasteiger partial charge in [-0.15, -0.1) is 0 Å². The number of benzene rings is 2. The Morgan fingerprint density at radius 3 is 2.58 bits per heavy atom. The number of aromatic amines is 1. The molecule has 0 unspecified atom stereocenters. The molecule has 9 nitrogen and oxygen atoms in total. The Hall–Kier alpha value is -4.31. The van der Waals surface area contributed by atoms with Crippen LogP contribution in [-0.4, -0.2) is 38.2 Å². The van der Waals surface area contributed by atoms with Gasteiger partial charge in [0.1, 0.15) is 0 Å². The quantitative estimate of drug-likeness (QED) is 0.114. The van der Waals surface area contributed by atoms with Crippen LogP contribution < -0.4 is 16.4 Å². The number of aromatic nitrogens is 2. The van der Waals surface area contributed by atoms with Gasteiger partial charge in [-0.1, -0.05) is 36.0 Å². The molecule has 2 aromatic carbocycles. The number of nitrogens with one attached hydrogen (secondary N) is 4. The Bertz CT molecular complexity index is 1600. The van der Waals surface area contributed by atoms with Crippen LogP contribution in [0.5, 0.6) is 0 Å². The molecule has 0 bridgehead atoms. The summed E-state index contributed by atoms with van der Waals surface area (Å²) in [5.41, 5.74) is 9.74. The SMILES string of the molecule is CC(=O)Nc1ccc2c(C3=C(c4c[nH]c5ccccc45)C(=O)NC3=O)cn(CCCSC(=N)N)c2c1. The van der Waals surface area contributed by atoms with Crippen LogP contribution in [0.15, 0.2) is 54.9 Å². The highest BCUT2D eigenvalue weighted by atomic mass is 32.2. The maximum atomic E-state index is 13.1. The van der Waals surface area contributed by atoms with E-state index in [1.54, 1.807) is 12.3 Å². The largest absolute Gasteiger partial charge is 0.379 e. The van der Waals surface area contributed by atoms with E-state index in [-0.39, 0.29) is 11.1 Å². The predicted octanol–water partition coefficient (Wildman–Crippen LogP) is 3.66. The summed E-state index contributed by atoms with van der Waals surface area (Å²) in [6, 6.07) is 13.1. The lowest BCUT2D eigenvalue weighted by atomic mass is 9.95. The molecule has 1 aliphatic rings. The third-order valence-electron chi connectivity index (χ3n) is 6.06. The molecule has 2 aromatic heterocycles. The molecule has 3 heterocycles. The first kappa shape index (κ1) is 23.4. The monoisotopic (exact) mass is 500 g/mol. The molecule has 0 saturated carbocycles. The van der Waals surface area contributed by atoms with E-state index in [1.807, 2.05) is 47.2 Å². The molecule has 5 rings (SSSR count). The molecule has 0 spiro atoms. The number of anilines is 1. The van der Waals surface area contributed by atoms with Gasteiger partial charge >= 0.3 is 0 Å². The highest BCUT2D eigenvalue weighted by molar-refractivity contribution is 8.13. The van der Waals surface area contributed by atoms with Gasteiger partial charge in [-0.05, 0) is 24.6 Å². The summed E-state index contributed by atoms with van der Waals surface area (Å²) in [7, 11) is 0. The number of H-pyrrole nitrogens is 1. The van der Waals surface area contributed by atoms with Gasteiger partial charge < -0.3 is 20.6 Å². The average molecular weight is 501 g/mol. The van der Waals surface area contributed by atoms with Crippen molar-refractivity contribution in [2.24, 2.45) is 5.73 Å². The number of nitrogens with zero attached hydrogens (tertiary/aromatic N) is 1. The number of hydrogen-bond donors (Lipinski definition) is 5. The van der Waals surface area contributed by atoms with Gasteiger partial charge in [0.25, 0.3) is 11.8 Å². The number of para-hydroxylation sites is 1. The van der Waals surface area contributed by atoms with Crippen molar-refractivity contribution in [1.29, 1.82) is 5.41 Å². The Morgan fingerprint density at radius 1 is 1.08 bits per heavy atom. The fourth-order valence-electron chi connectivity index (χ4n) is 4.62. The van der Waals surface area contributed by atoms with Crippen molar-refractivity contribution in [1.82, 2.24) is 14.9 Å². The van der Waals surface area contributed by atoms with Gasteiger partial charge in [0.05, 0.1) is 16.7 Å². The molecule has 0 fully saturated rings. The smallest absolute Gasteiger partial charge is 0.259 e. The zero-order valence-electron chi connectivity index (χ0n) is 19.5. The highest BCUT2D eigenvalue weighted by Crippen LogP contribution is 2.39. The van der Waals surface area contributed by atoms with Gasteiger partial charge in [-0.2, -0.15) is 0 Å². The number of carbonyl (C=O) groups excluding carboxylic acids is 3. The number of hydrogen-bond acceptors (Lipinski definition) is 5. The number of fused-ring (bicyclic) bond motifs is 2. The topological polar surface area (TPSA) is 146 Å². The second kappa shape index (κ2) is 9.38. The van der Waals surface area contributed by atoms with E-state index in [4.69, 9.17) is 11.1 Å². The summed E-state index contributed by atoms with van der Waals surface area (Å²) in [6.45, 7) is 2.05. The number of nitrogens with two attached hydrogens (primary N) is 1. The normalized spacial score (nSPS) is 13.6. The number of carbonyl (C=O) groups is 3. The summed E-state index contributed by atoms with van der Waals surface area (Å²) < 4.78 is 2.01. The molecule has 36 heavy (non-hydrogen) atoms. The van der Waals surface area contributed by atoms with E-state index in [1.165, 1.54) is 18.7 Å². The van der Waals surface area contributed by atoms with Crippen molar-refractivity contribution in [3.05, 3.63) is 66.0 Å². The summed E-state index contributed by atoms with van der Waals surface area (Å²) >= 11 is 1.27. The van der Waals surface area contributed by atoms with E-state index >= 15 is 0 Å². The van der Waals surface area contributed by atoms with E-state index < -0.39 is 11.8 Å². The molecule has 1 aliphatic heterocycles. The second-order valence-electron chi connectivity index (χ2n) is 8.50. The van der Waals surface area contributed by atoms with Crippen LogP contribution in [0.1, 0.15) is 24.5 Å². The van der Waals surface area contributed by atoms with Crippen LogP contribution in [0, 0.1) is 5.41 Å². The van der Waals surface area contributed by atoms with Crippen LogP contribution in [0.2, 0.25) is 0 Å². The molecule has 182 valence electrons. The lowest BCUT2D eigenvalue weighted by Crippen LogP contribution is -2.22. The van der Waals surface area contributed by atoms with Gasteiger partial charge in [0.2, 0.25) is 5.91 Å². The Morgan fingerprint density at radius 2 is 1.83 bits per heavy atom. The highest BCUT2D eigenvalue weighted by Gasteiger charge is 2.35. The van der Waals surface area contributed by atoms with Crippen molar-refractivity contribution in [3.63, 3.8) is 0 Å². The first-order valence-corrected chi connectivity index (χ1v) is 12.4. The maximum Gasteiger partial charge on any atom is 0.259 e. The number of amidine groups is 1. The first-order valence-electron chi connectivity index (χ1n) is 11.4. The van der Waals surface area contributed by atoms with E-state index in [0.29, 0.717) is 40.3 Å². The summed E-state index contributed by atoms with van der Waals surface area (Å²) in [4.78, 5) is 40.9. The lowest BCUT2D eigenvalue weighted by Gasteiger charge is -2.07. The Kier molecular flexibility index (Phi) is 6.11. The van der Waals surface area contributed by atoms with Crippen molar-refractivity contribution in [3.8, 4) is 0 Å². The molecule has 0 saturated heterocycles. The second-order valence-corrected chi connectivity index (χ2v) is 9.63. The fraction of sp³-hybridized carbons (Fsp3) is 0.154. The Balaban J connectivity index is 1.67. The third kappa shape index (κ3) is 4.27. The van der Waals surface area contributed by atoms with Gasteiger partial charge in [-0.3, -0.25) is 25.1 Å². The summed E-state index contributed by atoms with van der Waals surface area (Å²) in [5.74, 6) is -0.403. The summed E-state index contributed by atoms with van der Waals surface area (Å²) in [5, 5.41) is 14.4. The molecule has 10 heteroatoms. The lowest BCUT2D eigenvalue weighted by molar-refractivity contribution is -0.123.